The molecule has 1 saturated carbocycles. The van der Waals surface area contributed by atoms with Crippen LogP contribution in [0.15, 0.2) is 29.3 Å². The van der Waals surface area contributed by atoms with Gasteiger partial charge in [-0.3, -0.25) is 0 Å². The van der Waals surface area contributed by atoms with Gasteiger partial charge in [-0.1, -0.05) is 12.1 Å². The predicted octanol–water partition coefficient (Wildman–Crippen LogP) is 3.68. The summed E-state index contributed by atoms with van der Waals surface area (Å²) in [7, 11) is 0. The average Bonchev–Trinajstić information content (AvgIpc) is 2.54. The molecule has 1 aliphatic rings. The van der Waals surface area contributed by atoms with Crippen molar-refractivity contribution in [2.45, 2.75) is 57.5 Å². The number of nitrogens with zero attached hydrogens (tertiary/aromatic N) is 1. The number of rotatable bonds is 4. The summed E-state index contributed by atoms with van der Waals surface area (Å²) in [6.07, 6.45) is -1.22. The van der Waals surface area contributed by atoms with Crippen molar-refractivity contribution in [3.8, 4) is 0 Å². The molecule has 0 aromatic heterocycles. The number of aliphatic hydroxyl groups is 1. The van der Waals surface area contributed by atoms with Crippen molar-refractivity contribution in [3.63, 3.8) is 0 Å². The van der Waals surface area contributed by atoms with Gasteiger partial charge >= 0.3 is 6.18 Å². The van der Waals surface area contributed by atoms with Crippen molar-refractivity contribution in [1.82, 2.24) is 10.6 Å². The van der Waals surface area contributed by atoms with E-state index in [1.807, 2.05) is 6.92 Å². The van der Waals surface area contributed by atoms with Crippen LogP contribution in [0.3, 0.4) is 0 Å². The first kappa shape index (κ1) is 22.0. The zero-order valence-corrected chi connectivity index (χ0v) is 16.5. The Labute approximate surface area is 163 Å². The fraction of sp³-hybridized carbons (Fsp3) is 0.588. The highest BCUT2D eigenvalue weighted by atomic mass is 127. The Bertz CT molecular complexity index is 541. The zero-order valence-electron chi connectivity index (χ0n) is 14.1. The van der Waals surface area contributed by atoms with Gasteiger partial charge in [0.05, 0.1) is 18.2 Å². The molecule has 0 aliphatic heterocycles. The van der Waals surface area contributed by atoms with Gasteiger partial charge in [-0.2, -0.15) is 13.2 Å². The molecule has 1 aromatic carbocycles. The van der Waals surface area contributed by atoms with E-state index in [-0.39, 0.29) is 36.1 Å². The van der Waals surface area contributed by atoms with Crippen LogP contribution >= 0.6 is 24.0 Å². The van der Waals surface area contributed by atoms with Crippen LogP contribution < -0.4 is 10.6 Å². The fourth-order valence-corrected chi connectivity index (χ4v) is 2.70. The molecule has 8 heteroatoms. The molecule has 0 heterocycles. The lowest BCUT2D eigenvalue weighted by molar-refractivity contribution is -0.137. The minimum atomic E-state index is -4.32. The summed E-state index contributed by atoms with van der Waals surface area (Å²) in [5.74, 6) is 0.652. The van der Waals surface area contributed by atoms with Gasteiger partial charge in [0.15, 0.2) is 5.96 Å². The molecule has 4 nitrogen and oxygen atoms in total. The van der Waals surface area contributed by atoms with Crippen molar-refractivity contribution in [2.24, 2.45) is 4.99 Å². The number of halogens is 4. The highest BCUT2D eigenvalue weighted by molar-refractivity contribution is 14.0. The van der Waals surface area contributed by atoms with Gasteiger partial charge in [0.1, 0.15) is 0 Å². The predicted molar refractivity (Wildman–Crippen MR) is 103 cm³/mol. The third kappa shape index (κ3) is 7.39. The molecule has 142 valence electrons. The van der Waals surface area contributed by atoms with Gasteiger partial charge in [0.25, 0.3) is 0 Å². The summed E-state index contributed by atoms with van der Waals surface area (Å²) in [6, 6.07) is 5.32. The van der Waals surface area contributed by atoms with E-state index in [4.69, 9.17) is 0 Å². The summed E-state index contributed by atoms with van der Waals surface area (Å²) >= 11 is 0. The van der Waals surface area contributed by atoms with E-state index >= 15 is 0 Å². The van der Waals surface area contributed by atoms with Crippen molar-refractivity contribution < 1.29 is 18.3 Å². The minimum Gasteiger partial charge on any atom is -0.393 e. The summed E-state index contributed by atoms with van der Waals surface area (Å²) in [6.45, 7) is 2.97. The highest BCUT2D eigenvalue weighted by Gasteiger charge is 2.29. The van der Waals surface area contributed by atoms with Crippen LogP contribution in [0.25, 0.3) is 0 Å². The van der Waals surface area contributed by atoms with Crippen molar-refractivity contribution in [1.29, 1.82) is 0 Å². The Balaban J connectivity index is 0.00000312. The zero-order chi connectivity index (χ0) is 17.6. The molecular formula is C17H25F3IN3O. The molecule has 0 amide bonds. The van der Waals surface area contributed by atoms with Crippen LogP contribution in [0.1, 0.15) is 43.7 Å². The second-order valence-electron chi connectivity index (χ2n) is 6.04. The molecule has 1 aliphatic carbocycles. The maximum Gasteiger partial charge on any atom is 0.416 e. The topological polar surface area (TPSA) is 56.7 Å². The van der Waals surface area contributed by atoms with Gasteiger partial charge in [-0.15, -0.1) is 24.0 Å². The van der Waals surface area contributed by atoms with E-state index in [0.717, 1.165) is 43.4 Å². The lowest BCUT2D eigenvalue weighted by Crippen LogP contribution is -2.45. The van der Waals surface area contributed by atoms with Gasteiger partial charge in [0, 0.05) is 12.6 Å². The first-order valence-electron chi connectivity index (χ1n) is 8.27. The minimum absolute atomic E-state index is 0. The molecular weight excluding hydrogens is 446 g/mol. The van der Waals surface area contributed by atoms with Gasteiger partial charge in [-0.25, -0.2) is 4.99 Å². The Morgan fingerprint density at radius 3 is 2.28 bits per heavy atom. The van der Waals surface area contributed by atoms with Gasteiger partial charge in [-0.05, 0) is 50.3 Å². The number of hydrogen-bond donors (Lipinski definition) is 3. The SMILES string of the molecule is CCNC(=NCc1ccc(C(F)(F)F)cc1)NC1CCC(O)CC1.I. The Hall–Kier alpha value is -1.03. The summed E-state index contributed by atoms with van der Waals surface area (Å²) < 4.78 is 37.7. The smallest absolute Gasteiger partial charge is 0.393 e. The molecule has 0 atom stereocenters. The molecule has 25 heavy (non-hydrogen) atoms. The average molecular weight is 471 g/mol. The second kappa shape index (κ2) is 10.2. The van der Waals surface area contributed by atoms with Crippen LogP contribution in [-0.4, -0.2) is 29.8 Å². The molecule has 0 unspecified atom stereocenters. The Morgan fingerprint density at radius 1 is 1.16 bits per heavy atom. The van der Waals surface area contributed by atoms with E-state index in [1.54, 1.807) is 0 Å². The van der Waals surface area contributed by atoms with E-state index in [1.165, 1.54) is 12.1 Å². The number of benzene rings is 1. The van der Waals surface area contributed by atoms with Gasteiger partial charge < -0.3 is 15.7 Å². The molecule has 2 rings (SSSR count). The van der Waals surface area contributed by atoms with E-state index in [2.05, 4.69) is 15.6 Å². The first-order chi connectivity index (χ1) is 11.4. The summed E-state index contributed by atoms with van der Waals surface area (Å²) in [5, 5.41) is 16.0. The highest BCUT2D eigenvalue weighted by Crippen LogP contribution is 2.29. The van der Waals surface area contributed by atoms with Crippen molar-refractivity contribution >= 4 is 29.9 Å². The van der Waals surface area contributed by atoms with Crippen LogP contribution in [0.5, 0.6) is 0 Å². The number of aliphatic hydroxyl groups excluding tert-OH is 1. The monoisotopic (exact) mass is 471 g/mol. The lowest BCUT2D eigenvalue weighted by Gasteiger charge is -2.27. The number of guanidine groups is 1. The molecule has 3 N–H and O–H groups in total. The second-order valence-corrected chi connectivity index (χ2v) is 6.04. The number of hydrogen-bond acceptors (Lipinski definition) is 2. The third-order valence-corrected chi connectivity index (χ3v) is 4.08. The molecule has 0 radical (unpaired) electrons. The van der Waals surface area contributed by atoms with Crippen LogP contribution in [0, 0.1) is 0 Å². The number of nitrogens with one attached hydrogen (secondary N) is 2. The van der Waals surface area contributed by atoms with Crippen molar-refractivity contribution in [3.05, 3.63) is 35.4 Å². The number of alkyl halides is 3. The molecule has 1 fully saturated rings. The fourth-order valence-electron chi connectivity index (χ4n) is 2.70. The summed E-state index contributed by atoms with van der Waals surface area (Å²) in [5.41, 5.74) is 0.0697. The summed E-state index contributed by atoms with van der Waals surface area (Å²) in [4.78, 5) is 4.44. The Morgan fingerprint density at radius 2 is 1.76 bits per heavy atom. The van der Waals surface area contributed by atoms with Crippen LogP contribution in [0.2, 0.25) is 0 Å². The maximum absolute atomic E-state index is 12.6. The van der Waals surface area contributed by atoms with E-state index < -0.39 is 11.7 Å². The third-order valence-electron chi connectivity index (χ3n) is 4.08. The standard InChI is InChI=1S/C17H24F3N3O.HI/c1-2-21-16(23-14-7-9-15(24)10-8-14)22-11-12-3-5-13(6-4-12)17(18,19)20;/h3-6,14-15,24H,2,7-11H2,1H3,(H2,21,22,23);1H. The largest absolute Gasteiger partial charge is 0.416 e. The quantitative estimate of drug-likeness (QED) is 0.357. The van der Waals surface area contributed by atoms with E-state index in [0.29, 0.717) is 19.0 Å². The molecule has 1 aromatic rings. The maximum atomic E-state index is 12.6. The molecule has 0 spiro atoms. The Kier molecular flexibility index (Phi) is 8.98. The molecule has 0 saturated heterocycles. The molecule has 0 bridgehead atoms. The van der Waals surface area contributed by atoms with Crippen LogP contribution in [0.4, 0.5) is 13.2 Å². The van der Waals surface area contributed by atoms with Crippen molar-refractivity contribution in [2.75, 3.05) is 6.54 Å². The lowest BCUT2D eigenvalue weighted by atomic mass is 9.93. The first-order valence-corrected chi connectivity index (χ1v) is 8.27. The van der Waals surface area contributed by atoms with Crippen LogP contribution in [-0.2, 0) is 12.7 Å². The normalized spacial score (nSPS) is 21.4. The number of aliphatic imine (C=N–C) groups is 1. The van der Waals surface area contributed by atoms with E-state index in [9.17, 15) is 18.3 Å². The van der Waals surface area contributed by atoms with Gasteiger partial charge in [0.2, 0.25) is 0 Å².